The molecule has 0 bridgehead atoms. The van der Waals surface area contributed by atoms with E-state index >= 15 is 0 Å². The Morgan fingerprint density at radius 2 is 2.08 bits per heavy atom. The molecule has 0 aliphatic carbocycles. The number of carbonyl (C=O) groups is 1. The Labute approximate surface area is 83.6 Å². The molecule has 13 heavy (non-hydrogen) atoms. The third-order valence-electron chi connectivity index (χ3n) is 1.44. The van der Waals surface area contributed by atoms with Crippen LogP contribution in [0, 0.1) is 0 Å². The van der Waals surface area contributed by atoms with Crippen molar-refractivity contribution < 1.29 is 13.2 Å². The van der Waals surface area contributed by atoms with Gasteiger partial charge in [0.25, 0.3) is 0 Å². The van der Waals surface area contributed by atoms with Crippen molar-refractivity contribution in [2.45, 2.75) is 19.4 Å². The predicted octanol–water partition coefficient (Wildman–Crippen LogP) is 0.165. The molecule has 1 amide bonds. The van der Waals surface area contributed by atoms with Gasteiger partial charge in [0.2, 0.25) is 5.91 Å². The molecule has 4 nitrogen and oxygen atoms in total. The summed E-state index contributed by atoms with van der Waals surface area (Å²) in [5, 5.41) is 2.52. The minimum Gasteiger partial charge on any atom is -0.351 e. The average Bonchev–Trinajstić information content (AvgIpc) is 1.96. The Balaban J connectivity index is 4.01. The Morgan fingerprint density at radius 1 is 1.54 bits per heavy atom. The van der Waals surface area contributed by atoms with Crippen molar-refractivity contribution >= 4 is 27.3 Å². The van der Waals surface area contributed by atoms with Gasteiger partial charge in [-0.15, -0.1) is 11.6 Å². The fourth-order valence-electron chi connectivity index (χ4n) is 0.757. The van der Waals surface area contributed by atoms with Crippen LogP contribution < -0.4 is 5.32 Å². The maximum atomic E-state index is 11.0. The summed E-state index contributed by atoms with van der Waals surface area (Å²) in [5.41, 5.74) is 0. The Hall–Kier alpha value is -0.290. The molecule has 0 saturated carbocycles. The van der Waals surface area contributed by atoms with Gasteiger partial charge in [-0.25, -0.2) is 8.42 Å². The van der Waals surface area contributed by atoms with E-state index in [0.29, 0.717) is 12.3 Å². The van der Waals surface area contributed by atoms with E-state index in [4.69, 9.17) is 11.6 Å². The Morgan fingerprint density at radius 3 is 2.38 bits per heavy atom. The van der Waals surface area contributed by atoms with Crippen LogP contribution in [0.2, 0.25) is 0 Å². The lowest BCUT2D eigenvalue weighted by atomic mass is 10.2. The molecular weight excluding hydrogens is 214 g/mol. The second-order valence-corrected chi connectivity index (χ2v) is 5.35. The zero-order valence-electron chi connectivity index (χ0n) is 7.71. The summed E-state index contributed by atoms with van der Waals surface area (Å²) in [6, 6.07) is -0.143. The zero-order valence-corrected chi connectivity index (χ0v) is 9.28. The van der Waals surface area contributed by atoms with E-state index in [1.165, 1.54) is 0 Å². The van der Waals surface area contributed by atoms with E-state index in [2.05, 4.69) is 5.32 Å². The highest BCUT2D eigenvalue weighted by molar-refractivity contribution is 7.91. The van der Waals surface area contributed by atoms with Crippen molar-refractivity contribution in [1.29, 1.82) is 0 Å². The summed E-state index contributed by atoms with van der Waals surface area (Å²) in [5.74, 6) is -0.665. The van der Waals surface area contributed by atoms with E-state index in [1.54, 1.807) is 0 Å². The van der Waals surface area contributed by atoms with Gasteiger partial charge in [-0.3, -0.25) is 4.79 Å². The smallest absolute Gasteiger partial charge is 0.235 e. The Kier molecular flexibility index (Phi) is 5.32. The number of alkyl halides is 1. The molecular formula is C7H14ClNO3S. The van der Waals surface area contributed by atoms with E-state index < -0.39 is 21.5 Å². The first-order valence-electron chi connectivity index (χ1n) is 3.92. The summed E-state index contributed by atoms with van der Waals surface area (Å²) in [4.78, 5) is 11.0. The molecule has 0 aliphatic heterocycles. The molecule has 0 spiro atoms. The van der Waals surface area contributed by atoms with Crippen LogP contribution in [0.4, 0.5) is 0 Å². The Bertz CT molecular complexity index is 259. The van der Waals surface area contributed by atoms with E-state index in [-0.39, 0.29) is 6.04 Å². The van der Waals surface area contributed by atoms with E-state index in [9.17, 15) is 13.2 Å². The van der Waals surface area contributed by atoms with Gasteiger partial charge < -0.3 is 5.32 Å². The van der Waals surface area contributed by atoms with Gasteiger partial charge in [-0.2, -0.15) is 0 Å². The standard InChI is InChI=1S/C7H14ClNO3S/c1-3-6(4-8)9-7(10)5-13(2,11)12/h6H,3-5H2,1-2H3,(H,9,10). The van der Waals surface area contributed by atoms with Crippen LogP contribution in [0.25, 0.3) is 0 Å². The second kappa shape index (κ2) is 5.44. The van der Waals surface area contributed by atoms with Crippen molar-refractivity contribution in [3.05, 3.63) is 0 Å². The first-order valence-corrected chi connectivity index (χ1v) is 6.51. The first-order chi connectivity index (χ1) is 5.89. The third kappa shape index (κ3) is 6.83. The van der Waals surface area contributed by atoms with Crippen LogP contribution in [-0.4, -0.2) is 38.3 Å². The molecule has 0 aromatic heterocycles. The molecule has 1 atom stereocenters. The fraction of sp³-hybridized carbons (Fsp3) is 0.857. The second-order valence-electron chi connectivity index (χ2n) is 2.90. The molecule has 1 N–H and O–H groups in total. The van der Waals surface area contributed by atoms with Gasteiger partial charge in [-0.1, -0.05) is 6.92 Å². The number of hydrogen-bond acceptors (Lipinski definition) is 3. The lowest BCUT2D eigenvalue weighted by molar-refractivity contribution is -0.119. The number of carbonyl (C=O) groups excluding carboxylic acids is 1. The monoisotopic (exact) mass is 227 g/mol. The van der Waals surface area contributed by atoms with Crippen LogP contribution in [0.3, 0.4) is 0 Å². The molecule has 78 valence electrons. The normalized spacial score (nSPS) is 13.8. The molecule has 0 aromatic rings. The quantitative estimate of drug-likeness (QED) is 0.681. The van der Waals surface area contributed by atoms with Crippen molar-refractivity contribution in [2.75, 3.05) is 17.9 Å². The summed E-state index contributed by atoms with van der Waals surface area (Å²) < 4.78 is 21.4. The average molecular weight is 228 g/mol. The van der Waals surface area contributed by atoms with Crippen molar-refractivity contribution in [3.63, 3.8) is 0 Å². The van der Waals surface area contributed by atoms with Crippen LogP contribution in [0.15, 0.2) is 0 Å². The van der Waals surface area contributed by atoms with Crippen LogP contribution >= 0.6 is 11.6 Å². The van der Waals surface area contributed by atoms with Crippen molar-refractivity contribution in [3.8, 4) is 0 Å². The zero-order chi connectivity index (χ0) is 10.5. The SMILES string of the molecule is CCC(CCl)NC(=O)CS(C)(=O)=O. The number of amides is 1. The van der Waals surface area contributed by atoms with Gasteiger partial charge >= 0.3 is 0 Å². The molecule has 6 heteroatoms. The highest BCUT2D eigenvalue weighted by Gasteiger charge is 2.13. The summed E-state index contributed by atoms with van der Waals surface area (Å²) in [6.45, 7) is 1.87. The highest BCUT2D eigenvalue weighted by atomic mass is 35.5. The fourth-order valence-corrected chi connectivity index (χ4v) is 1.61. The largest absolute Gasteiger partial charge is 0.351 e. The van der Waals surface area contributed by atoms with Crippen molar-refractivity contribution in [2.24, 2.45) is 0 Å². The number of nitrogens with one attached hydrogen (secondary N) is 1. The van der Waals surface area contributed by atoms with Crippen molar-refractivity contribution in [1.82, 2.24) is 5.32 Å². The van der Waals surface area contributed by atoms with Crippen LogP contribution in [0.5, 0.6) is 0 Å². The van der Waals surface area contributed by atoms with Gasteiger partial charge in [-0.05, 0) is 6.42 Å². The molecule has 0 aromatic carbocycles. The topological polar surface area (TPSA) is 63.2 Å². The van der Waals surface area contributed by atoms with E-state index in [0.717, 1.165) is 6.26 Å². The maximum Gasteiger partial charge on any atom is 0.235 e. The minimum absolute atomic E-state index is 0.143. The van der Waals surface area contributed by atoms with Gasteiger partial charge in [0.1, 0.15) is 5.75 Å². The molecule has 0 aliphatic rings. The molecule has 0 rings (SSSR count). The van der Waals surface area contributed by atoms with Gasteiger partial charge in [0.15, 0.2) is 9.84 Å². The molecule has 0 heterocycles. The van der Waals surface area contributed by atoms with Gasteiger partial charge in [0.05, 0.1) is 0 Å². The summed E-state index contributed by atoms with van der Waals surface area (Å²) in [7, 11) is -3.24. The molecule has 0 radical (unpaired) electrons. The molecule has 1 unspecified atom stereocenters. The van der Waals surface area contributed by atoms with Crippen LogP contribution in [-0.2, 0) is 14.6 Å². The predicted molar refractivity (Wildman–Crippen MR) is 52.7 cm³/mol. The number of sulfone groups is 1. The molecule has 0 fully saturated rings. The highest BCUT2D eigenvalue weighted by Crippen LogP contribution is 1.94. The maximum absolute atomic E-state index is 11.0. The molecule has 0 saturated heterocycles. The lowest BCUT2D eigenvalue weighted by Gasteiger charge is -2.12. The first kappa shape index (κ1) is 12.7. The summed E-state index contributed by atoms with van der Waals surface area (Å²) in [6.07, 6.45) is 1.72. The minimum atomic E-state index is -3.24. The van der Waals surface area contributed by atoms with Gasteiger partial charge in [0, 0.05) is 18.2 Å². The number of rotatable bonds is 5. The number of hydrogen-bond donors (Lipinski definition) is 1. The third-order valence-corrected chi connectivity index (χ3v) is 2.60. The summed E-state index contributed by atoms with van der Waals surface area (Å²) >= 11 is 5.52. The lowest BCUT2D eigenvalue weighted by Crippen LogP contribution is -2.38. The number of halogens is 1. The van der Waals surface area contributed by atoms with Crippen LogP contribution in [0.1, 0.15) is 13.3 Å². The van der Waals surface area contributed by atoms with E-state index in [1.807, 2.05) is 6.92 Å².